The lowest BCUT2D eigenvalue weighted by Crippen LogP contribution is -2.62. The minimum atomic E-state index is -0.407. The van der Waals surface area contributed by atoms with Crippen LogP contribution in [0, 0.1) is 13.8 Å². The molecule has 2 saturated heterocycles. The van der Waals surface area contributed by atoms with E-state index in [4.69, 9.17) is 4.74 Å². The van der Waals surface area contributed by atoms with E-state index in [0.29, 0.717) is 31.8 Å². The molecule has 3 heterocycles. The molecule has 2 fully saturated rings. The standard InChI is InChI=1S/C19H22N4O3/c1-4-19-10-22(7-8-23(19)18(25)26-11-19)17(24)14-5-6-15-16(9-14)21-13(3)12(2)20-15/h5-6,9H,4,7-8,10-11H2,1-3H3. The highest BCUT2D eigenvalue weighted by Crippen LogP contribution is 2.32. The van der Waals surface area contributed by atoms with Gasteiger partial charge in [-0.2, -0.15) is 0 Å². The van der Waals surface area contributed by atoms with Crippen LogP contribution in [0.3, 0.4) is 0 Å². The van der Waals surface area contributed by atoms with E-state index >= 15 is 0 Å². The summed E-state index contributed by atoms with van der Waals surface area (Å²) in [6, 6.07) is 5.45. The fourth-order valence-corrected chi connectivity index (χ4v) is 3.78. The van der Waals surface area contributed by atoms with Crippen molar-refractivity contribution in [1.29, 1.82) is 0 Å². The minimum absolute atomic E-state index is 0.0428. The van der Waals surface area contributed by atoms with Crippen LogP contribution in [-0.4, -0.2) is 63.5 Å². The summed E-state index contributed by atoms with van der Waals surface area (Å²) in [5.41, 5.74) is 3.46. The summed E-state index contributed by atoms with van der Waals surface area (Å²) >= 11 is 0. The highest BCUT2D eigenvalue weighted by molar-refractivity contribution is 5.97. The first kappa shape index (κ1) is 16.8. The smallest absolute Gasteiger partial charge is 0.410 e. The molecule has 1 unspecified atom stereocenters. The number of amides is 2. The van der Waals surface area contributed by atoms with Crippen molar-refractivity contribution < 1.29 is 14.3 Å². The third-order valence-electron chi connectivity index (χ3n) is 5.60. The Labute approximate surface area is 152 Å². The number of fused-ring (bicyclic) bond motifs is 2. The zero-order valence-electron chi connectivity index (χ0n) is 15.3. The maximum atomic E-state index is 13.1. The molecule has 136 valence electrons. The molecule has 1 aromatic heterocycles. The average Bonchev–Trinajstić information content (AvgIpc) is 2.98. The normalized spacial score (nSPS) is 22.5. The van der Waals surface area contributed by atoms with E-state index in [1.807, 2.05) is 31.7 Å². The Morgan fingerprint density at radius 3 is 2.65 bits per heavy atom. The largest absolute Gasteiger partial charge is 0.447 e. The van der Waals surface area contributed by atoms with Crippen molar-refractivity contribution in [1.82, 2.24) is 19.8 Å². The van der Waals surface area contributed by atoms with Crippen molar-refractivity contribution in [2.24, 2.45) is 0 Å². The molecule has 0 aliphatic carbocycles. The molecule has 2 aromatic rings. The van der Waals surface area contributed by atoms with Crippen LogP contribution < -0.4 is 0 Å². The molecule has 0 N–H and O–H groups in total. The van der Waals surface area contributed by atoms with Gasteiger partial charge in [0.05, 0.1) is 28.0 Å². The van der Waals surface area contributed by atoms with Gasteiger partial charge >= 0.3 is 6.09 Å². The van der Waals surface area contributed by atoms with Gasteiger partial charge in [0.2, 0.25) is 0 Å². The number of aryl methyl sites for hydroxylation is 2. The van der Waals surface area contributed by atoms with Gasteiger partial charge < -0.3 is 9.64 Å². The molecular weight excluding hydrogens is 332 g/mol. The fraction of sp³-hybridized carbons (Fsp3) is 0.474. The summed E-state index contributed by atoms with van der Waals surface area (Å²) in [6.07, 6.45) is 0.482. The van der Waals surface area contributed by atoms with Gasteiger partial charge in [-0.3, -0.25) is 9.69 Å². The van der Waals surface area contributed by atoms with Crippen molar-refractivity contribution >= 4 is 23.0 Å². The third-order valence-corrected chi connectivity index (χ3v) is 5.60. The fourth-order valence-electron chi connectivity index (χ4n) is 3.78. The molecule has 0 bridgehead atoms. The number of benzene rings is 1. The van der Waals surface area contributed by atoms with E-state index in [1.54, 1.807) is 17.0 Å². The number of rotatable bonds is 2. The minimum Gasteiger partial charge on any atom is -0.447 e. The molecule has 2 aliphatic heterocycles. The molecule has 1 aromatic carbocycles. The second kappa shape index (κ2) is 5.93. The lowest BCUT2D eigenvalue weighted by molar-refractivity contribution is 0.0362. The SMILES string of the molecule is CCC12COC(=O)N1CCN(C(=O)c1ccc3nc(C)c(C)nc3c1)C2. The summed E-state index contributed by atoms with van der Waals surface area (Å²) in [6.45, 7) is 7.71. The van der Waals surface area contributed by atoms with Gasteiger partial charge in [0.25, 0.3) is 5.91 Å². The Morgan fingerprint density at radius 1 is 1.19 bits per heavy atom. The molecule has 1 atom stereocenters. The number of hydrogen-bond donors (Lipinski definition) is 0. The maximum Gasteiger partial charge on any atom is 0.410 e. The van der Waals surface area contributed by atoms with Gasteiger partial charge in [0.1, 0.15) is 6.61 Å². The van der Waals surface area contributed by atoms with Crippen molar-refractivity contribution in [3.05, 3.63) is 35.2 Å². The van der Waals surface area contributed by atoms with Crippen LogP contribution in [-0.2, 0) is 4.74 Å². The van der Waals surface area contributed by atoms with Crippen LogP contribution in [0.1, 0.15) is 35.1 Å². The Morgan fingerprint density at radius 2 is 1.92 bits per heavy atom. The second-order valence-electron chi connectivity index (χ2n) is 7.11. The summed E-state index contributed by atoms with van der Waals surface area (Å²) < 4.78 is 5.24. The van der Waals surface area contributed by atoms with Gasteiger partial charge in [-0.05, 0) is 38.5 Å². The topological polar surface area (TPSA) is 75.6 Å². The Hall–Kier alpha value is -2.70. The molecule has 4 rings (SSSR count). The van der Waals surface area contributed by atoms with Crippen molar-refractivity contribution in [3.63, 3.8) is 0 Å². The number of aromatic nitrogens is 2. The van der Waals surface area contributed by atoms with Gasteiger partial charge in [0, 0.05) is 25.2 Å². The Balaban J connectivity index is 1.62. The van der Waals surface area contributed by atoms with E-state index in [-0.39, 0.29) is 12.0 Å². The average molecular weight is 354 g/mol. The lowest BCUT2D eigenvalue weighted by Gasteiger charge is -2.44. The molecule has 0 spiro atoms. The van der Waals surface area contributed by atoms with E-state index in [1.165, 1.54) is 0 Å². The highest BCUT2D eigenvalue weighted by Gasteiger charge is 2.50. The van der Waals surface area contributed by atoms with Crippen LogP contribution >= 0.6 is 0 Å². The summed E-state index contributed by atoms with van der Waals surface area (Å²) in [7, 11) is 0. The van der Waals surface area contributed by atoms with Gasteiger partial charge in [-0.1, -0.05) is 6.92 Å². The monoisotopic (exact) mass is 354 g/mol. The second-order valence-corrected chi connectivity index (χ2v) is 7.11. The van der Waals surface area contributed by atoms with Crippen LogP contribution in [0.15, 0.2) is 18.2 Å². The first-order valence-corrected chi connectivity index (χ1v) is 8.92. The maximum absolute atomic E-state index is 13.1. The van der Waals surface area contributed by atoms with Crippen molar-refractivity contribution in [3.8, 4) is 0 Å². The predicted molar refractivity (Wildman–Crippen MR) is 96.0 cm³/mol. The molecule has 7 nitrogen and oxygen atoms in total. The van der Waals surface area contributed by atoms with Crippen molar-refractivity contribution in [2.45, 2.75) is 32.7 Å². The first-order chi connectivity index (χ1) is 12.4. The molecule has 0 saturated carbocycles. The Bertz CT molecular complexity index is 913. The van der Waals surface area contributed by atoms with Crippen LogP contribution in [0.5, 0.6) is 0 Å². The van der Waals surface area contributed by atoms with Crippen LogP contribution in [0.25, 0.3) is 11.0 Å². The van der Waals surface area contributed by atoms with Gasteiger partial charge in [-0.25, -0.2) is 14.8 Å². The highest BCUT2D eigenvalue weighted by atomic mass is 16.6. The molecule has 26 heavy (non-hydrogen) atoms. The molecular formula is C19H22N4O3. The molecule has 7 heteroatoms. The predicted octanol–water partition coefficient (Wildman–Crippen LogP) is 2.30. The molecule has 2 amide bonds. The van der Waals surface area contributed by atoms with E-state index in [9.17, 15) is 9.59 Å². The number of carbonyl (C=O) groups excluding carboxylic acids is 2. The van der Waals surface area contributed by atoms with Crippen LogP contribution in [0.4, 0.5) is 4.79 Å². The van der Waals surface area contributed by atoms with E-state index in [2.05, 4.69) is 9.97 Å². The zero-order chi connectivity index (χ0) is 18.5. The number of nitrogens with zero attached hydrogens (tertiary/aromatic N) is 4. The van der Waals surface area contributed by atoms with Gasteiger partial charge in [0.15, 0.2) is 0 Å². The number of carbonyl (C=O) groups is 2. The van der Waals surface area contributed by atoms with Gasteiger partial charge in [-0.15, -0.1) is 0 Å². The van der Waals surface area contributed by atoms with Crippen molar-refractivity contribution in [2.75, 3.05) is 26.2 Å². The van der Waals surface area contributed by atoms with Crippen LogP contribution in [0.2, 0.25) is 0 Å². The Kier molecular flexibility index (Phi) is 3.82. The number of piperazine rings is 1. The summed E-state index contributed by atoms with van der Waals surface area (Å²) in [5.74, 6) is -0.0428. The number of cyclic esters (lactones) is 1. The van der Waals surface area contributed by atoms with E-state index < -0.39 is 5.54 Å². The zero-order valence-corrected chi connectivity index (χ0v) is 15.3. The number of ether oxygens (including phenoxy) is 1. The first-order valence-electron chi connectivity index (χ1n) is 8.92. The summed E-state index contributed by atoms with van der Waals surface area (Å²) in [4.78, 5) is 37.6. The molecule has 0 radical (unpaired) electrons. The van der Waals surface area contributed by atoms with E-state index in [0.717, 1.165) is 28.8 Å². The number of hydrogen-bond acceptors (Lipinski definition) is 5. The lowest BCUT2D eigenvalue weighted by atomic mass is 9.92. The molecule has 2 aliphatic rings. The summed E-state index contributed by atoms with van der Waals surface area (Å²) in [5, 5.41) is 0. The third kappa shape index (κ3) is 2.50. The quantitative estimate of drug-likeness (QED) is 0.827.